The normalized spacial score (nSPS) is 27.9. The predicted molar refractivity (Wildman–Crippen MR) is 91.8 cm³/mol. The van der Waals surface area contributed by atoms with Crippen molar-refractivity contribution in [3.63, 3.8) is 0 Å². The molecule has 1 saturated carbocycles. The van der Waals surface area contributed by atoms with Crippen LogP contribution in [0, 0.1) is 23.0 Å². The van der Waals surface area contributed by atoms with Crippen molar-refractivity contribution in [2.24, 2.45) is 11.3 Å². The number of nitrogens with zero attached hydrogens (tertiary/aromatic N) is 2. The summed E-state index contributed by atoms with van der Waals surface area (Å²) < 4.78 is 27.0. The van der Waals surface area contributed by atoms with E-state index in [1.165, 1.54) is 31.4 Å². The molecule has 3 fully saturated rings. The highest BCUT2D eigenvalue weighted by molar-refractivity contribution is 5.84. The standard InChI is InChI=1S/C20H26F2N2O/c21-17-6-5-16(18(22)11-17)13-23-10-8-20(14-23)7-2-9-24(19(20)25)12-15-3-1-4-15/h5-6,11,15H,1-4,7-10,12-14H2/t20-/m0/s1. The van der Waals surface area contributed by atoms with Crippen LogP contribution < -0.4 is 0 Å². The van der Waals surface area contributed by atoms with E-state index >= 15 is 0 Å². The fraction of sp³-hybridized carbons (Fsp3) is 0.650. The Hall–Kier alpha value is -1.49. The highest BCUT2D eigenvalue weighted by Gasteiger charge is 2.48. The second-order valence-corrected chi connectivity index (χ2v) is 8.13. The number of amides is 1. The van der Waals surface area contributed by atoms with Crippen LogP contribution in [-0.4, -0.2) is 41.9 Å². The van der Waals surface area contributed by atoms with E-state index < -0.39 is 11.6 Å². The molecule has 0 radical (unpaired) electrons. The van der Waals surface area contributed by atoms with Crippen LogP contribution in [0.25, 0.3) is 0 Å². The van der Waals surface area contributed by atoms with Crippen LogP contribution in [0.2, 0.25) is 0 Å². The maximum atomic E-state index is 13.9. The van der Waals surface area contributed by atoms with E-state index in [-0.39, 0.29) is 5.41 Å². The number of hydrogen-bond acceptors (Lipinski definition) is 2. The zero-order valence-electron chi connectivity index (χ0n) is 14.6. The fourth-order valence-electron chi connectivity index (χ4n) is 4.68. The molecule has 0 N–H and O–H groups in total. The number of rotatable bonds is 4. The Balaban J connectivity index is 1.42. The molecule has 1 amide bonds. The molecule has 0 aromatic heterocycles. The fourth-order valence-corrected chi connectivity index (χ4v) is 4.68. The number of hydrogen-bond donors (Lipinski definition) is 0. The molecule has 5 heteroatoms. The van der Waals surface area contributed by atoms with E-state index in [9.17, 15) is 13.6 Å². The van der Waals surface area contributed by atoms with E-state index in [2.05, 4.69) is 9.80 Å². The van der Waals surface area contributed by atoms with Crippen LogP contribution in [0.1, 0.15) is 44.1 Å². The third kappa shape index (κ3) is 3.31. The van der Waals surface area contributed by atoms with Crippen molar-refractivity contribution in [1.29, 1.82) is 0 Å². The number of carbonyl (C=O) groups is 1. The molecule has 3 aliphatic rings. The minimum Gasteiger partial charge on any atom is -0.342 e. The van der Waals surface area contributed by atoms with Crippen LogP contribution in [-0.2, 0) is 11.3 Å². The van der Waals surface area contributed by atoms with Gasteiger partial charge in [0.25, 0.3) is 0 Å². The van der Waals surface area contributed by atoms with E-state index in [1.807, 2.05) is 0 Å². The monoisotopic (exact) mass is 348 g/mol. The average Bonchev–Trinajstić information content (AvgIpc) is 2.94. The molecule has 4 rings (SSSR count). The second kappa shape index (κ2) is 6.67. The van der Waals surface area contributed by atoms with Crippen LogP contribution in [0.15, 0.2) is 18.2 Å². The minimum absolute atomic E-state index is 0.279. The van der Waals surface area contributed by atoms with Gasteiger partial charge in [0.2, 0.25) is 5.91 Å². The van der Waals surface area contributed by atoms with Crippen LogP contribution in [0.5, 0.6) is 0 Å². The zero-order valence-corrected chi connectivity index (χ0v) is 14.6. The third-order valence-electron chi connectivity index (χ3n) is 6.37. The molecule has 0 bridgehead atoms. The van der Waals surface area contributed by atoms with Gasteiger partial charge >= 0.3 is 0 Å². The first kappa shape index (κ1) is 17.0. The first-order chi connectivity index (χ1) is 12.1. The number of likely N-dealkylation sites (tertiary alicyclic amines) is 2. The molecule has 2 aliphatic heterocycles. The first-order valence-corrected chi connectivity index (χ1v) is 9.51. The Bertz CT molecular complexity index is 661. The maximum Gasteiger partial charge on any atom is 0.230 e. The van der Waals surface area contributed by atoms with Gasteiger partial charge in [-0.2, -0.15) is 0 Å². The van der Waals surface area contributed by atoms with E-state index in [0.717, 1.165) is 45.0 Å². The molecule has 3 nitrogen and oxygen atoms in total. The lowest BCUT2D eigenvalue weighted by molar-refractivity contribution is -0.146. The zero-order chi connectivity index (χ0) is 17.4. The summed E-state index contributed by atoms with van der Waals surface area (Å²) in [5.74, 6) is -0.0339. The van der Waals surface area contributed by atoms with Crippen molar-refractivity contribution in [3.05, 3.63) is 35.4 Å². The topological polar surface area (TPSA) is 23.6 Å². The molecule has 1 atom stereocenters. The summed E-state index contributed by atoms with van der Waals surface area (Å²) in [5, 5.41) is 0. The molecule has 1 aromatic carbocycles. The van der Waals surface area contributed by atoms with Gasteiger partial charge in [0, 0.05) is 37.8 Å². The predicted octanol–water partition coefficient (Wildman–Crippen LogP) is 3.58. The Kier molecular flexibility index (Phi) is 4.52. The highest BCUT2D eigenvalue weighted by atomic mass is 19.1. The van der Waals surface area contributed by atoms with Gasteiger partial charge in [-0.3, -0.25) is 9.69 Å². The Labute approximate surface area is 148 Å². The van der Waals surface area contributed by atoms with Crippen LogP contribution >= 0.6 is 0 Å². The largest absolute Gasteiger partial charge is 0.342 e. The average molecular weight is 348 g/mol. The number of benzene rings is 1. The first-order valence-electron chi connectivity index (χ1n) is 9.51. The van der Waals surface area contributed by atoms with Crippen LogP contribution in [0.4, 0.5) is 8.78 Å². The third-order valence-corrected chi connectivity index (χ3v) is 6.37. The molecule has 136 valence electrons. The number of piperidine rings is 1. The lowest BCUT2D eigenvalue weighted by atomic mass is 9.77. The summed E-state index contributed by atoms with van der Waals surface area (Å²) in [6.07, 6.45) is 6.68. The highest BCUT2D eigenvalue weighted by Crippen LogP contribution is 2.41. The van der Waals surface area contributed by atoms with Crippen molar-refractivity contribution in [2.75, 3.05) is 26.2 Å². The van der Waals surface area contributed by atoms with Gasteiger partial charge in [0.1, 0.15) is 11.6 Å². The number of carbonyl (C=O) groups excluding carboxylic acids is 1. The van der Waals surface area contributed by atoms with Gasteiger partial charge in [-0.15, -0.1) is 0 Å². The summed E-state index contributed by atoms with van der Waals surface area (Å²) in [4.78, 5) is 17.4. The summed E-state index contributed by atoms with van der Waals surface area (Å²) in [5.41, 5.74) is 0.228. The van der Waals surface area contributed by atoms with Crippen molar-refractivity contribution >= 4 is 5.91 Å². The Morgan fingerprint density at radius 1 is 1.12 bits per heavy atom. The Morgan fingerprint density at radius 2 is 1.96 bits per heavy atom. The molecular weight excluding hydrogens is 322 g/mol. The van der Waals surface area contributed by atoms with Crippen molar-refractivity contribution in [2.45, 2.75) is 45.1 Å². The van der Waals surface area contributed by atoms with Gasteiger partial charge < -0.3 is 4.90 Å². The molecule has 0 unspecified atom stereocenters. The smallest absolute Gasteiger partial charge is 0.230 e. The lowest BCUT2D eigenvalue weighted by Crippen LogP contribution is -2.51. The SMILES string of the molecule is O=C1N(CC2CCC2)CCC[C@@]12CCN(Cc1ccc(F)cc1F)C2. The van der Waals surface area contributed by atoms with Crippen molar-refractivity contribution in [1.82, 2.24) is 9.80 Å². The molecular formula is C20H26F2N2O. The van der Waals surface area contributed by atoms with Gasteiger partial charge in [-0.1, -0.05) is 12.5 Å². The molecule has 2 heterocycles. The molecule has 1 spiro atoms. The van der Waals surface area contributed by atoms with E-state index in [0.29, 0.717) is 30.5 Å². The lowest BCUT2D eigenvalue weighted by Gasteiger charge is -2.42. The van der Waals surface area contributed by atoms with Gasteiger partial charge in [0.05, 0.1) is 5.41 Å². The molecule has 1 aromatic rings. The second-order valence-electron chi connectivity index (χ2n) is 8.13. The molecule has 25 heavy (non-hydrogen) atoms. The summed E-state index contributed by atoms with van der Waals surface area (Å²) in [6, 6.07) is 3.75. The van der Waals surface area contributed by atoms with E-state index in [1.54, 1.807) is 0 Å². The Morgan fingerprint density at radius 3 is 2.68 bits per heavy atom. The minimum atomic E-state index is -0.548. The molecule has 1 aliphatic carbocycles. The van der Waals surface area contributed by atoms with Gasteiger partial charge in [0.15, 0.2) is 0 Å². The van der Waals surface area contributed by atoms with Crippen molar-refractivity contribution in [3.8, 4) is 0 Å². The van der Waals surface area contributed by atoms with Crippen LogP contribution in [0.3, 0.4) is 0 Å². The number of halogens is 2. The summed E-state index contributed by atoms with van der Waals surface area (Å²) in [6.45, 7) is 3.77. The van der Waals surface area contributed by atoms with E-state index in [4.69, 9.17) is 0 Å². The van der Waals surface area contributed by atoms with Crippen molar-refractivity contribution < 1.29 is 13.6 Å². The maximum absolute atomic E-state index is 13.9. The molecule has 2 saturated heterocycles. The summed E-state index contributed by atoms with van der Waals surface area (Å²) in [7, 11) is 0. The quantitative estimate of drug-likeness (QED) is 0.830. The summed E-state index contributed by atoms with van der Waals surface area (Å²) >= 11 is 0. The van der Waals surface area contributed by atoms with Gasteiger partial charge in [-0.05, 0) is 50.6 Å². The van der Waals surface area contributed by atoms with Gasteiger partial charge in [-0.25, -0.2) is 8.78 Å².